The molecule has 0 atom stereocenters. The van der Waals surface area contributed by atoms with E-state index in [1.165, 1.54) is 12.1 Å². The molecule has 1 aliphatic carbocycles. The Morgan fingerprint density at radius 2 is 1.92 bits per heavy atom. The molecule has 0 unspecified atom stereocenters. The molecule has 0 saturated heterocycles. The highest BCUT2D eigenvalue weighted by Crippen LogP contribution is 2.34. The lowest BCUT2D eigenvalue weighted by atomic mass is 10.0. The molecular formula is C26H27F3N6O. The molecule has 3 N–H and O–H groups in total. The van der Waals surface area contributed by atoms with Crippen LogP contribution < -0.4 is 10.6 Å². The monoisotopic (exact) mass is 496 g/mol. The number of anilines is 1. The average Bonchev–Trinajstić information content (AvgIpc) is 3.58. The van der Waals surface area contributed by atoms with Crippen molar-refractivity contribution in [3.63, 3.8) is 0 Å². The van der Waals surface area contributed by atoms with Gasteiger partial charge in [0.05, 0.1) is 29.3 Å². The van der Waals surface area contributed by atoms with Crippen LogP contribution in [0.15, 0.2) is 48.8 Å². The number of hydrogen-bond acceptors (Lipinski definition) is 3. The number of carbonyl (C=O) groups excluding carboxylic acids is 1. The van der Waals surface area contributed by atoms with Gasteiger partial charge in [0.15, 0.2) is 0 Å². The minimum Gasteiger partial charge on any atom is -0.322 e. The number of carbonyl (C=O) groups is 1. The molecule has 2 aromatic heterocycles. The van der Waals surface area contributed by atoms with E-state index in [0.717, 1.165) is 47.1 Å². The summed E-state index contributed by atoms with van der Waals surface area (Å²) in [5.74, 6) is -0.485. The van der Waals surface area contributed by atoms with Crippen molar-refractivity contribution in [3.8, 4) is 16.9 Å². The van der Waals surface area contributed by atoms with Crippen LogP contribution in [0.25, 0.3) is 16.9 Å². The molecule has 188 valence electrons. The zero-order valence-electron chi connectivity index (χ0n) is 20.2. The molecule has 0 aliphatic heterocycles. The van der Waals surface area contributed by atoms with Crippen molar-refractivity contribution in [1.29, 1.82) is 0 Å². The number of nitrogens with zero attached hydrogens (tertiary/aromatic N) is 3. The second-order valence-corrected chi connectivity index (χ2v) is 9.27. The van der Waals surface area contributed by atoms with Crippen LogP contribution in [-0.4, -0.2) is 31.5 Å². The van der Waals surface area contributed by atoms with E-state index < -0.39 is 17.6 Å². The Morgan fingerprint density at radius 3 is 2.56 bits per heavy atom. The molecular weight excluding hydrogens is 469 g/mol. The Labute approximate surface area is 206 Å². The summed E-state index contributed by atoms with van der Waals surface area (Å²) in [4.78, 5) is 12.9. The first-order chi connectivity index (χ1) is 17.1. The van der Waals surface area contributed by atoms with Gasteiger partial charge in [-0.05, 0) is 62.1 Å². The molecule has 1 aliphatic rings. The van der Waals surface area contributed by atoms with Crippen molar-refractivity contribution in [2.75, 3.05) is 5.32 Å². The molecule has 0 bridgehead atoms. The Bertz CT molecular complexity index is 1410. The third-order valence-electron chi connectivity index (χ3n) is 6.59. The third-order valence-corrected chi connectivity index (χ3v) is 6.59. The minimum absolute atomic E-state index is 0.0981. The summed E-state index contributed by atoms with van der Waals surface area (Å²) in [6.45, 7) is 4.04. The molecule has 36 heavy (non-hydrogen) atoms. The van der Waals surface area contributed by atoms with Gasteiger partial charge in [0.2, 0.25) is 0 Å². The molecule has 1 amide bonds. The van der Waals surface area contributed by atoms with E-state index in [2.05, 4.69) is 20.8 Å². The largest absolute Gasteiger partial charge is 0.416 e. The van der Waals surface area contributed by atoms with Crippen molar-refractivity contribution < 1.29 is 18.0 Å². The van der Waals surface area contributed by atoms with Crippen LogP contribution in [0.1, 0.15) is 45.6 Å². The Hall–Kier alpha value is -3.79. The number of aryl methyl sites for hydroxylation is 2. The second kappa shape index (κ2) is 9.02. The first-order valence-electron chi connectivity index (χ1n) is 11.7. The molecule has 1 saturated carbocycles. The molecule has 0 spiro atoms. The second-order valence-electron chi connectivity index (χ2n) is 9.27. The molecule has 7 nitrogen and oxygen atoms in total. The van der Waals surface area contributed by atoms with Crippen molar-refractivity contribution in [2.45, 2.75) is 45.5 Å². The molecule has 2 heterocycles. The number of rotatable bonds is 7. The Kier molecular flexibility index (Phi) is 5.99. The van der Waals surface area contributed by atoms with Gasteiger partial charge < -0.3 is 10.6 Å². The first kappa shape index (κ1) is 23.9. The highest BCUT2D eigenvalue weighted by molar-refractivity contribution is 6.04. The predicted octanol–water partition coefficient (Wildman–Crippen LogP) is 5.35. The number of amides is 1. The fourth-order valence-corrected chi connectivity index (χ4v) is 4.10. The van der Waals surface area contributed by atoms with E-state index in [4.69, 9.17) is 0 Å². The summed E-state index contributed by atoms with van der Waals surface area (Å²) in [5, 5.41) is 13.2. The maximum absolute atomic E-state index is 13.7. The minimum atomic E-state index is -4.52. The summed E-state index contributed by atoms with van der Waals surface area (Å²) >= 11 is 0. The SMILES string of the molecule is Cc1ccc(C(=O)Nc2ccc(CNC3CC3)c(C(F)(F)F)c2)cc1-n1cc(-c2cnn(C)c2C)[nH]1. The van der Waals surface area contributed by atoms with Gasteiger partial charge >= 0.3 is 6.18 Å². The quantitative estimate of drug-likeness (QED) is 0.323. The van der Waals surface area contributed by atoms with E-state index in [0.29, 0.717) is 11.6 Å². The normalized spacial score (nSPS) is 13.8. The van der Waals surface area contributed by atoms with Crippen LogP contribution in [0, 0.1) is 13.8 Å². The summed E-state index contributed by atoms with van der Waals surface area (Å²) in [6, 6.07) is 9.39. The van der Waals surface area contributed by atoms with Crippen LogP contribution in [0.3, 0.4) is 0 Å². The Morgan fingerprint density at radius 1 is 1.17 bits per heavy atom. The lowest BCUT2D eigenvalue weighted by Gasteiger charge is -2.19. The lowest BCUT2D eigenvalue weighted by Crippen LogP contribution is -2.20. The number of alkyl halides is 3. The third kappa shape index (κ3) is 4.81. The number of benzene rings is 2. The summed E-state index contributed by atoms with van der Waals surface area (Å²) in [7, 11) is 1.87. The van der Waals surface area contributed by atoms with E-state index in [9.17, 15) is 18.0 Å². The molecule has 2 aromatic carbocycles. The number of aromatic nitrogens is 4. The maximum Gasteiger partial charge on any atom is 0.416 e. The van der Waals surface area contributed by atoms with Crippen LogP contribution in [0.4, 0.5) is 18.9 Å². The summed E-state index contributed by atoms with van der Waals surface area (Å²) < 4.78 is 44.6. The van der Waals surface area contributed by atoms with Gasteiger partial charge in [-0.15, -0.1) is 0 Å². The van der Waals surface area contributed by atoms with Gasteiger partial charge in [-0.25, -0.2) is 0 Å². The molecule has 5 rings (SSSR count). The average molecular weight is 497 g/mol. The first-order valence-corrected chi connectivity index (χ1v) is 11.7. The van der Waals surface area contributed by atoms with E-state index in [1.54, 1.807) is 33.8 Å². The van der Waals surface area contributed by atoms with Gasteiger partial charge in [0.25, 0.3) is 5.91 Å². The maximum atomic E-state index is 13.7. The fraction of sp³-hybridized carbons (Fsp3) is 0.308. The van der Waals surface area contributed by atoms with Crippen LogP contribution in [0.2, 0.25) is 0 Å². The van der Waals surface area contributed by atoms with Gasteiger partial charge in [-0.3, -0.25) is 19.3 Å². The van der Waals surface area contributed by atoms with Gasteiger partial charge in [0, 0.05) is 42.1 Å². The number of nitrogens with one attached hydrogen (secondary N) is 3. The highest BCUT2D eigenvalue weighted by Gasteiger charge is 2.34. The number of H-pyrrole nitrogens is 1. The topological polar surface area (TPSA) is 79.7 Å². The van der Waals surface area contributed by atoms with E-state index in [1.807, 2.05) is 27.1 Å². The lowest BCUT2D eigenvalue weighted by molar-refractivity contribution is -0.138. The van der Waals surface area contributed by atoms with Crippen LogP contribution in [0.5, 0.6) is 0 Å². The van der Waals surface area contributed by atoms with Crippen LogP contribution in [-0.2, 0) is 19.8 Å². The zero-order valence-corrected chi connectivity index (χ0v) is 20.2. The van der Waals surface area contributed by atoms with E-state index in [-0.39, 0.29) is 17.8 Å². The smallest absolute Gasteiger partial charge is 0.322 e. The van der Waals surface area contributed by atoms with E-state index >= 15 is 0 Å². The fourth-order valence-electron chi connectivity index (χ4n) is 4.10. The number of halogens is 3. The van der Waals surface area contributed by atoms with Gasteiger partial charge in [-0.2, -0.15) is 18.3 Å². The van der Waals surface area contributed by atoms with Crippen molar-refractivity contribution >= 4 is 11.6 Å². The Balaban J connectivity index is 1.35. The van der Waals surface area contributed by atoms with Crippen molar-refractivity contribution in [3.05, 3.63) is 76.7 Å². The summed E-state index contributed by atoms with van der Waals surface area (Å²) in [5.41, 5.74) is 4.47. The zero-order chi connectivity index (χ0) is 25.6. The highest BCUT2D eigenvalue weighted by atomic mass is 19.4. The van der Waals surface area contributed by atoms with Crippen molar-refractivity contribution in [2.24, 2.45) is 7.05 Å². The van der Waals surface area contributed by atoms with Gasteiger partial charge in [-0.1, -0.05) is 12.1 Å². The molecule has 10 heteroatoms. The predicted molar refractivity (Wildman–Crippen MR) is 131 cm³/mol. The van der Waals surface area contributed by atoms with Crippen LogP contribution >= 0.6 is 0 Å². The molecule has 4 aromatic rings. The molecule has 1 fully saturated rings. The number of aromatic amines is 1. The standard InChI is InChI=1S/C26H27F3N6O/c1-15-4-5-17(10-24(15)35-14-23(33-35)21-13-31-34(3)16(21)2)25(36)32-20-7-6-18(12-30-19-8-9-19)22(11-20)26(27,28)29/h4-7,10-11,13-14,19,30,33H,8-9,12H2,1-3H3,(H,32,36). The van der Waals surface area contributed by atoms with Crippen molar-refractivity contribution in [1.82, 2.24) is 24.9 Å². The summed E-state index contributed by atoms with van der Waals surface area (Å²) in [6.07, 6.45) is 1.16. The van der Waals surface area contributed by atoms with Gasteiger partial charge in [0.1, 0.15) is 0 Å². The number of hydrogen-bond donors (Lipinski definition) is 3. The molecule has 0 radical (unpaired) electrons.